The first-order valence-electron chi connectivity index (χ1n) is 5.47. The first kappa shape index (κ1) is 14.3. The molecule has 102 valence electrons. The van der Waals surface area contributed by atoms with Crippen LogP contribution >= 0.6 is 11.6 Å². The molecule has 0 aliphatic rings. The van der Waals surface area contributed by atoms with E-state index < -0.39 is 4.92 Å². The van der Waals surface area contributed by atoms with Crippen molar-refractivity contribution in [3.63, 3.8) is 0 Å². The Labute approximate surface area is 123 Å². The Morgan fingerprint density at radius 2 is 1.95 bits per heavy atom. The molecule has 0 unspecified atom stereocenters. The number of pyridine rings is 1. The van der Waals surface area contributed by atoms with Gasteiger partial charge in [-0.2, -0.15) is 10.5 Å². The Balaban J connectivity index is 2.43. The van der Waals surface area contributed by atoms with Gasteiger partial charge in [0, 0.05) is 12.3 Å². The molecular formula is C13H5ClN4O3. The van der Waals surface area contributed by atoms with Crippen LogP contribution in [0.15, 0.2) is 30.5 Å². The van der Waals surface area contributed by atoms with Crippen molar-refractivity contribution < 1.29 is 9.66 Å². The van der Waals surface area contributed by atoms with Crippen LogP contribution < -0.4 is 4.74 Å². The standard InChI is InChI=1S/C13H5ClN4O3/c14-10-3-9(6-16)7-17-13(10)21-12-2-1-8(5-15)4-11(12)18(19)20/h1-4,7H. The van der Waals surface area contributed by atoms with E-state index in [1.54, 1.807) is 6.07 Å². The van der Waals surface area contributed by atoms with E-state index in [4.69, 9.17) is 26.9 Å². The van der Waals surface area contributed by atoms with Gasteiger partial charge in [-0.05, 0) is 18.2 Å². The largest absolute Gasteiger partial charge is 0.430 e. The summed E-state index contributed by atoms with van der Waals surface area (Å²) in [5.74, 6) is -0.165. The number of hydrogen-bond donors (Lipinski definition) is 0. The lowest BCUT2D eigenvalue weighted by molar-refractivity contribution is -0.385. The number of benzene rings is 1. The molecule has 1 heterocycles. The van der Waals surface area contributed by atoms with Crippen molar-refractivity contribution in [2.45, 2.75) is 0 Å². The number of rotatable bonds is 3. The lowest BCUT2D eigenvalue weighted by Gasteiger charge is -2.07. The zero-order chi connectivity index (χ0) is 15.4. The minimum absolute atomic E-state index is 0.0488. The molecule has 0 aliphatic carbocycles. The fourth-order valence-corrected chi connectivity index (χ4v) is 1.69. The smallest absolute Gasteiger partial charge is 0.312 e. The number of halogens is 1. The number of nitrogens with zero attached hydrogens (tertiary/aromatic N) is 4. The maximum Gasteiger partial charge on any atom is 0.312 e. The fraction of sp³-hybridized carbons (Fsp3) is 0. The Morgan fingerprint density at radius 1 is 1.24 bits per heavy atom. The monoisotopic (exact) mass is 300 g/mol. The summed E-state index contributed by atoms with van der Waals surface area (Å²) in [5, 5.41) is 28.5. The van der Waals surface area contributed by atoms with Gasteiger partial charge in [0.25, 0.3) is 0 Å². The third-order valence-electron chi connectivity index (χ3n) is 2.43. The first-order valence-corrected chi connectivity index (χ1v) is 5.85. The van der Waals surface area contributed by atoms with Crippen LogP contribution in [-0.2, 0) is 0 Å². The molecule has 0 radical (unpaired) electrons. The van der Waals surface area contributed by atoms with Gasteiger partial charge in [0.05, 0.1) is 22.1 Å². The maximum absolute atomic E-state index is 11.0. The van der Waals surface area contributed by atoms with Crippen LogP contribution in [0.1, 0.15) is 11.1 Å². The van der Waals surface area contributed by atoms with Crippen LogP contribution in [0, 0.1) is 32.8 Å². The van der Waals surface area contributed by atoms with Gasteiger partial charge < -0.3 is 4.74 Å². The van der Waals surface area contributed by atoms with Crippen LogP contribution in [0.5, 0.6) is 11.6 Å². The Morgan fingerprint density at radius 3 is 2.52 bits per heavy atom. The van der Waals surface area contributed by atoms with E-state index in [0.29, 0.717) is 0 Å². The lowest BCUT2D eigenvalue weighted by Crippen LogP contribution is -1.96. The molecule has 2 rings (SSSR count). The van der Waals surface area contributed by atoms with Crippen LogP contribution in [0.3, 0.4) is 0 Å². The number of ether oxygens (including phenoxy) is 1. The minimum Gasteiger partial charge on any atom is -0.430 e. The summed E-state index contributed by atoms with van der Waals surface area (Å²) in [4.78, 5) is 14.1. The summed E-state index contributed by atoms with van der Waals surface area (Å²) in [7, 11) is 0. The summed E-state index contributed by atoms with van der Waals surface area (Å²) in [6.45, 7) is 0. The molecule has 0 fully saturated rings. The van der Waals surface area contributed by atoms with Gasteiger partial charge in [0.2, 0.25) is 11.6 Å². The second-order valence-electron chi connectivity index (χ2n) is 3.78. The molecule has 0 saturated heterocycles. The van der Waals surface area contributed by atoms with E-state index >= 15 is 0 Å². The highest BCUT2D eigenvalue weighted by atomic mass is 35.5. The number of aromatic nitrogens is 1. The normalized spacial score (nSPS) is 9.48. The molecule has 8 heteroatoms. The number of nitro groups is 1. The Bertz CT molecular complexity index is 808. The third kappa shape index (κ3) is 3.06. The van der Waals surface area contributed by atoms with Gasteiger partial charge in [-0.3, -0.25) is 10.1 Å². The summed E-state index contributed by atoms with van der Waals surface area (Å²) < 4.78 is 5.30. The molecule has 0 spiro atoms. The van der Waals surface area contributed by atoms with Crippen molar-refractivity contribution in [2.24, 2.45) is 0 Å². The number of nitro benzene ring substituents is 1. The van der Waals surface area contributed by atoms with Crippen molar-refractivity contribution in [3.8, 4) is 23.8 Å². The quantitative estimate of drug-likeness (QED) is 0.635. The van der Waals surface area contributed by atoms with Crippen LogP contribution in [0.2, 0.25) is 5.02 Å². The van der Waals surface area contributed by atoms with Gasteiger partial charge in [-0.15, -0.1) is 0 Å². The van der Waals surface area contributed by atoms with E-state index in [1.165, 1.54) is 24.4 Å². The average molecular weight is 301 g/mol. The van der Waals surface area contributed by atoms with Crippen molar-refractivity contribution in [1.82, 2.24) is 4.98 Å². The molecule has 2 aromatic rings. The highest BCUT2D eigenvalue weighted by Crippen LogP contribution is 2.34. The van der Waals surface area contributed by atoms with Gasteiger partial charge >= 0.3 is 5.69 Å². The summed E-state index contributed by atoms with van der Waals surface area (Å²) >= 11 is 5.89. The predicted octanol–water partition coefficient (Wildman–Crippen LogP) is 3.18. The second-order valence-corrected chi connectivity index (χ2v) is 4.18. The van der Waals surface area contributed by atoms with E-state index in [9.17, 15) is 10.1 Å². The van der Waals surface area contributed by atoms with E-state index in [-0.39, 0.29) is 33.5 Å². The average Bonchev–Trinajstić information content (AvgIpc) is 2.49. The molecule has 0 amide bonds. The first-order chi connectivity index (χ1) is 10.0. The second kappa shape index (κ2) is 5.87. The fourth-order valence-electron chi connectivity index (χ4n) is 1.48. The van der Waals surface area contributed by atoms with Crippen molar-refractivity contribution in [2.75, 3.05) is 0 Å². The summed E-state index contributed by atoms with van der Waals surface area (Å²) in [6.07, 6.45) is 1.23. The Kier molecular flexibility index (Phi) is 3.98. The van der Waals surface area contributed by atoms with Gasteiger partial charge in [0.15, 0.2) is 0 Å². The molecule has 21 heavy (non-hydrogen) atoms. The molecule has 0 saturated carbocycles. The Hall–Kier alpha value is -3.16. The zero-order valence-electron chi connectivity index (χ0n) is 10.3. The topological polar surface area (TPSA) is 113 Å². The molecule has 0 aliphatic heterocycles. The van der Waals surface area contributed by atoms with Gasteiger partial charge in [-0.1, -0.05) is 11.6 Å². The molecule has 0 bridgehead atoms. The molecule has 0 atom stereocenters. The van der Waals surface area contributed by atoms with Gasteiger partial charge in [0.1, 0.15) is 11.1 Å². The molecular weight excluding hydrogens is 296 g/mol. The summed E-state index contributed by atoms with van der Waals surface area (Å²) in [6, 6.07) is 8.74. The van der Waals surface area contributed by atoms with Crippen molar-refractivity contribution >= 4 is 17.3 Å². The van der Waals surface area contributed by atoms with Gasteiger partial charge in [-0.25, -0.2) is 4.98 Å². The SMILES string of the molecule is N#Cc1cnc(Oc2ccc(C#N)cc2[N+](=O)[O-])c(Cl)c1. The number of nitriles is 2. The lowest BCUT2D eigenvalue weighted by atomic mass is 10.2. The van der Waals surface area contributed by atoms with Crippen LogP contribution in [0.25, 0.3) is 0 Å². The third-order valence-corrected chi connectivity index (χ3v) is 2.70. The molecule has 1 aromatic carbocycles. The highest BCUT2D eigenvalue weighted by molar-refractivity contribution is 6.31. The highest BCUT2D eigenvalue weighted by Gasteiger charge is 2.18. The van der Waals surface area contributed by atoms with E-state index in [0.717, 1.165) is 6.07 Å². The summed E-state index contributed by atoms with van der Waals surface area (Å²) in [5.41, 5.74) is -0.00844. The number of hydrogen-bond acceptors (Lipinski definition) is 6. The zero-order valence-corrected chi connectivity index (χ0v) is 11.0. The minimum atomic E-state index is -0.673. The molecule has 0 N–H and O–H groups in total. The maximum atomic E-state index is 11.0. The van der Waals surface area contributed by atoms with Crippen LogP contribution in [0.4, 0.5) is 5.69 Å². The van der Waals surface area contributed by atoms with E-state index in [2.05, 4.69) is 4.98 Å². The van der Waals surface area contributed by atoms with Crippen molar-refractivity contribution in [3.05, 3.63) is 56.7 Å². The van der Waals surface area contributed by atoms with E-state index in [1.807, 2.05) is 6.07 Å². The predicted molar refractivity (Wildman–Crippen MR) is 71.8 cm³/mol. The molecule has 1 aromatic heterocycles. The van der Waals surface area contributed by atoms with Crippen LogP contribution in [-0.4, -0.2) is 9.91 Å². The molecule has 7 nitrogen and oxygen atoms in total. The van der Waals surface area contributed by atoms with Crippen molar-refractivity contribution in [1.29, 1.82) is 10.5 Å².